The minimum Gasteiger partial charge on any atom is -0.381 e. The molecule has 2 unspecified atom stereocenters. The average molecular weight is 296 g/mol. The zero-order valence-corrected chi connectivity index (χ0v) is 11.8. The molecule has 1 rings (SSSR count). The predicted molar refractivity (Wildman–Crippen MR) is 69.1 cm³/mol. The maximum absolute atomic E-state index is 12.0. The van der Waals surface area contributed by atoms with Crippen LogP contribution in [0, 0.1) is 5.92 Å². The summed E-state index contributed by atoms with van der Waals surface area (Å²) in [5.74, 6) is -0.344. The van der Waals surface area contributed by atoms with Crippen molar-refractivity contribution in [3.05, 3.63) is 0 Å². The number of ether oxygens (including phenoxy) is 1. The largest absolute Gasteiger partial charge is 0.391 e. The Hall–Kier alpha value is -0.820. The molecule has 1 amide bonds. The predicted octanol–water partition coefficient (Wildman–Crippen LogP) is 1.98. The van der Waals surface area contributed by atoms with Crippen molar-refractivity contribution >= 4 is 5.91 Å². The van der Waals surface area contributed by atoms with E-state index >= 15 is 0 Å². The first kappa shape index (κ1) is 17.2. The summed E-state index contributed by atoms with van der Waals surface area (Å²) in [6.45, 7) is 2.43. The molecule has 0 radical (unpaired) electrons. The van der Waals surface area contributed by atoms with Crippen LogP contribution in [0.4, 0.5) is 13.2 Å². The van der Waals surface area contributed by atoms with Crippen LogP contribution in [-0.2, 0) is 9.53 Å². The van der Waals surface area contributed by atoms with Crippen molar-refractivity contribution in [2.75, 3.05) is 19.8 Å². The third-order valence-corrected chi connectivity index (χ3v) is 3.89. The lowest BCUT2D eigenvalue weighted by atomic mass is 9.84. The summed E-state index contributed by atoms with van der Waals surface area (Å²) in [6.07, 6.45) is -2.15. The summed E-state index contributed by atoms with van der Waals surface area (Å²) >= 11 is 0. The molecule has 0 bridgehead atoms. The Morgan fingerprint density at radius 1 is 1.45 bits per heavy atom. The van der Waals surface area contributed by atoms with Gasteiger partial charge in [0.25, 0.3) is 0 Å². The maximum Gasteiger partial charge on any atom is 0.391 e. The van der Waals surface area contributed by atoms with E-state index in [4.69, 9.17) is 10.5 Å². The van der Waals surface area contributed by atoms with Gasteiger partial charge in [0.1, 0.15) is 5.54 Å². The molecule has 0 heterocycles. The third-order valence-electron chi connectivity index (χ3n) is 3.89. The van der Waals surface area contributed by atoms with Gasteiger partial charge in [0, 0.05) is 6.61 Å². The number of likely N-dealkylation sites (N-methyl/N-ethyl adjacent to an activating group) is 1. The lowest BCUT2D eigenvalue weighted by molar-refractivity contribution is -0.145. The molecule has 20 heavy (non-hydrogen) atoms. The second-order valence-corrected chi connectivity index (χ2v) is 5.22. The maximum atomic E-state index is 12.0. The van der Waals surface area contributed by atoms with E-state index in [-0.39, 0.29) is 25.0 Å². The van der Waals surface area contributed by atoms with Crippen molar-refractivity contribution in [2.45, 2.75) is 50.7 Å². The minimum absolute atomic E-state index is 0.0332. The van der Waals surface area contributed by atoms with Gasteiger partial charge in [-0.25, -0.2) is 0 Å². The first-order valence-corrected chi connectivity index (χ1v) is 7.01. The fourth-order valence-corrected chi connectivity index (χ4v) is 2.94. The highest BCUT2D eigenvalue weighted by Crippen LogP contribution is 2.37. The van der Waals surface area contributed by atoms with E-state index in [9.17, 15) is 18.0 Å². The van der Waals surface area contributed by atoms with E-state index in [1.54, 1.807) is 0 Å². The van der Waals surface area contributed by atoms with Crippen LogP contribution >= 0.6 is 0 Å². The van der Waals surface area contributed by atoms with Gasteiger partial charge in [0.2, 0.25) is 5.91 Å². The summed E-state index contributed by atoms with van der Waals surface area (Å²) in [6, 6.07) is 0. The molecule has 0 aliphatic heterocycles. The minimum atomic E-state index is -4.19. The van der Waals surface area contributed by atoms with Crippen LogP contribution in [0.2, 0.25) is 0 Å². The van der Waals surface area contributed by atoms with Crippen molar-refractivity contribution < 1.29 is 22.7 Å². The van der Waals surface area contributed by atoms with E-state index in [1.807, 2.05) is 6.92 Å². The van der Waals surface area contributed by atoms with Crippen molar-refractivity contribution in [1.29, 1.82) is 0 Å². The van der Waals surface area contributed by atoms with Gasteiger partial charge in [0.05, 0.1) is 13.0 Å². The van der Waals surface area contributed by atoms with Gasteiger partial charge in [0.15, 0.2) is 0 Å². The molecule has 7 heteroatoms. The standard InChI is InChI=1S/C13H23F3N2O2/c1-2-18-12(11(17)19)6-3-4-10(12)5-8-20-9-7-13(14,15)16/h10,18H,2-9H2,1H3,(H2,17,19). The Morgan fingerprint density at radius 3 is 2.70 bits per heavy atom. The molecular formula is C13H23F3N2O2. The van der Waals surface area contributed by atoms with Gasteiger partial charge in [-0.3, -0.25) is 4.79 Å². The summed E-state index contributed by atoms with van der Waals surface area (Å²) in [4.78, 5) is 11.7. The number of alkyl halides is 3. The van der Waals surface area contributed by atoms with Crippen molar-refractivity contribution in [3.63, 3.8) is 0 Å². The van der Waals surface area contributed by atoms with E-state index in [1.165, 1.54) is 0 Å². The lowest BCUT2D eigenvalue weighted by Crippen LogP contribution is -2.58. The quantitative estimate of drug-likeness (QED) is 0.673. The highest BCUT2D eigenvalue weighted by Gasteiger charge is 2.46. The van der Waals surface area contributed by atoms with Crippen molar-refractivity contribution in [1.82, 2.24) is 5.32 Å². The van der Waals surface area contributed by atoms with E-state index < -0.39 is 18.1 Å². The number of carbonyl (C=O) groups is 1. The number of nitrogens with one attached hydrogen (secondary N) is 1. The SMILES string of the molecule is CCNC1(C(N)=O)CCCC1CCOCCC(F)(F)F. The normalized spacial score (nSPS) is 26.9. The van der Waals surface area contributed by atoms with E-state index in [0.29, 0.717) is 19.4 Å². The molecule has 2 atom stereocenters. The molecule has 0 aromatic heterocycles. The first-order valence-electron chi connectivity index (χ1n) is 7.01. The van der Waals surface area contributed by atoms with Crippen LogP contribution < -0.4 is 11.1 Å². The Balaban J connectivity index is 2.40. The number of nitrogens with two attached hydrogens (primary N) is 1. The third kappa shape index (κ3) is 4.63. The van der Waals surface area contributed by atoms with Gasteiger partial charge in [-0.1, -0.05) is 13.3 Å². The Kier molecular flexibility index (Phi) is 6.26. The second-order valence-electron chi connectivity index (χ2n) is 5.22. The monoisotopic (exact) mass is 296 g/mol. The van der Waals surface area contributed by atoms with Crippen LogP contribution in [0.3, 0.4) is 0 Å². The number of carbonyl (C=O) groups excluding carboxylic acids is 1. The molecule has 4 nitrogen and oxygen atoms in total. The number of rotatable bonds is 8. The Morgan fingerprint density at radius 2 is 2.15 bits per heavy atom. The van der Waals surface area contributed by atoms with Crippen LogP contribution in [0.1, 0.15) is 39.0 Å². The smallest absolute Gasteiger partial charge is 0.381 e. The zero-order chi connectivity index (χ0) is 15.2. The topological polar surface area (TPSA) is 64.3 Å². The van der Waals surface area contributed by atoms with Crippen LogP contribution in [0.5, 0.6) is 0 Å². The molecule has 1 aliphatic carbocycles. The number of amides is 1. The van der Waals surface area contributed by atoms with Crippen molar-refractivity contribution in [3.8, 4) is 0 Å². The fourth-order valence-electron chi connectivity index (χ4n) is 2.94. The number of hydrogen-bond acceptors (Lipinski definition) is 3. The highest BCUT2D eigenvalue weighted by molar-refractivity contribution is 5.85. The first-order chi connectivity index (χ1) is 9.32. The Labute approximate surface area is 117 Å². The summed E-state index contributed by atoms with van der Waals surface area (Å²) in [5, 5.41) is 3.16. The van der Waals surface area contributed by atoms with Crippen LogP contribution in [0.15, 0.2) is 0 Å². The molecule has 0 aromatic carbocycles. The van der Waals surface area contributed by atoms with E-state index in [2.05, 4.69) is 5.32 Å². The molecule has 1 fully saturated rings. The number of hydrogen-bond donors (Lipinski definition) is 2. The lowest BCUT2D eigenvalue weighted by Gasteiger charge is -2.33. The number of primary amides is 1. The van der Waals surface area contributed by atoms with Gasteiger partial charge >= 0.3 is 6.18 Å². The molecular weight excluding hydrogens is 273 g/mol. The molecule has 0 spiro atoms. The molecule has 0 saturated heterocycles. The molecule has 118 valence electrons. The van der Waals surface area contributed by atoms with Gasteiger partial charge < -0.3 is 15.8 Å². The molecule has 0 aromatic rings. The molecule has 1 saturated carbocycles. The van der Waals surface area contributed by atoms with Gasteiger partial charge in [-0.2, -0.15) is 13.2 Å². The van der Waals surface area contributed by atoms with Crippen LogP contribution in [0.25, 0.3) is 0 Å². The van der Waals surface area contributed by atoms with Gasteiger partial charge in [-0.15, -0.1) is 0 Å². The molecule has 3 N–H and O–H groups in total. The van der Waals surface area contributed by atoms with Crippen molar-refractivity contribution in [2.24, 2.45) is 11.7 Å². The van der Waals surface area contributed by atoms with E-state index in [0.717, 1.165) is 12.8 Å². The molecule has 1 aliphatic rings. The summed E-state index contributed by atoms with van der Waals surface area (Å²) in [7, 11) is 0. The fraction of sp³-hybridized carbons (Fsp3) is 0.923. The number of halogens is 3. The second kappa shape index (κ2) is 7.26. The van der Waals surface area contributed by atoms with Gasteiger partial charge in [-0.05, 0) is 31.7 Å². The summed E-state index contributed by atoms with van der Waals surface area (Å²) < 4.78 is 40.9. The Bertz CT molecular complexity index is 323. The average Bonchev–Trinajstić information content (AvgIpc) is 2.72. The zero-order valence-electron chi connectivity index (χ0n) is 11.8. The van der Waals surface area contributed by atoms with Crippen LogP contribution in [-0.4, -0.2) is 37.4 Å². The highest BCUT2D eigenvalue weighted by atomic mass is 19.4. The summed E-state index contributed by atoms with van der Waals surface area (Å²) in [5.41, 5.74) is 4.79.